The Morgan fingerprint density at radius 2 is 2.44 bits per heavy atom. The Balaban J connectivity index is 1.83. The predicted molar refractivity (Wildman–Crippen MR) is 73.1 cm³/mol. The zero-order valence-electron chi connectivity index (χ0n) is 10.7. The normalized spacial score (nSPS) is 32.1. The van der Waals surface area contributed by atoms with Crippen LogP contribution in [0.25, 0.3) is 0 Å². The zero-order chi connectivity index (χ0) is 12.7. The van der Waals surface area contributed by atoms with Gasteiger partial charge < -0.3 is 10.5 Å². The van der Waals surface area contributed by atoms with Crippen molar-refractivity contribution in [3.05, 3.63) is 16.4 Å². The van der Waals surface area contributed by atoms with Gasteiger partial charge in [0, 0.05) is 12.5 Å². The quantitative estimate of drug-likeness (QED) is 0.929. The van der Waals surface area contributed by atoms with E-state index in [1.54, 1.807) is 0 Å². The van der Waals surface area contributed by atoms with Crippen LogP contribution in [0.2, 0.25) is 0 Å². The lowest BCUT2D eigenvalue weighted by atomic mass is 9.83. The van der Waals surface area contributed by atoms with Crippen LogP contribution < -0.4 is 5.73 Å². The molecule has 5 heteroatoms. The van der Waals surface area contributed by atoms with Crippen molar-refractivity contribution in [2.24, 2.45) is 11.7 Å². The molecule has 0 saturated carbocycles. The molecule has 1 aromatic heterocycles. The number of aromatic nitrogens is 2. The molecule has 100 valence electrons. The summed E-state index contributed by atoms with van der Waals surface area (Å²) in [6, 6.07) is 0.0312. The number of nitrogens with zero attached hydrogens (tertiary/aromatic N) is 2. The first-order valence-corrected chi connectivity index (χ1v) is 7.62. The first-order valence-electron chi connectivity index (χ1n) is 6.83. The molecular weight excluding hydrogens is 294 g/mol. The van der Waals surface area contributed by atoms with E-state index in [0.717, 1.165) is 29.6 Å². The largest absolute Gasteiger partial charge is 0.375 e. The van der Waals surface area contributed by atoms with E-state index in [9.17, 15) is 0 Å². The molecule has 2 N–H and O–H groups in total. The third kappa shape index (κ3) is 2.02. The second-order valence-corrected chi connectivity index (χ2v) is 6.25. The second kappa shape index (κ2) is 4.94. The van der Waals surface area contributed by atoms with Crippen molar-refractivity contribution >= 4 is 15.9 Å². The molecule has 0 amide bonds. The van der Waals surface area contributed by atoms with E-state index in [-0.39, 0.29) is 6.04 Å². The minimum absolute atomic E-state index is 0.0312. The van der Waals surface area contributed by atoms with Crippen LogP contribution in [0.1, 0.15) is 44.3 Å². The van der Waals surface area contributed by atoms with Gasteiger partial charge in [0.15, 0.2) is 0 Å². The van der Waals surface area contributed by atoms with Crippen LogP contribution in [0.3, 0.4) is 0 Å². The highest BCUT2D eigenvalue weighted by atomic mass is 79.9. The molecule has 4 nitrogen and oxygen atoms in total. The number of nitrogens with two attached hydrogens (primary N) is 1. The summed E-state index contributed by atoms with van der Waals surface area (Å²) in [5.41, 5.74) is 7.63. The fourth-order valence-corrected chi connectivity index (χ4v) is 3.91. The second-order valence-electron chi connectivity index (χ2n) is 5.40. The SMILES string of the molecule is CCCn1ncc(Br)c1C(N)C1CC2CCC1O2. The number of hydrogen-bond acceptors (Lipinski definition) is 3. The third-order valence-corrected chi connectivity index (χ3v) is 4.81. The Morgan fingerprint density at radius 1 is 1.61 bits per heavy atom. The van der Waals surface area contributed by atoms with Gasteiger partial charge in [-0.05, 0) is 41.6 Å². The summed E-state index contributed by atoms with van der Waals surface area (Å²) in [6.45, 7) is 3.09. The summed E-state index contributed by atoms with van der Waals surface area (Å²) in [7, 11) is 0. The minimum atomic E-state index is 0.0312. The van der Waals surface area contributed by atoms with E-state index in [2.05, 4.69) is 28.0 Å². The van der Waals surface area contributed by atoms with E-state index in [0.29, 0.717) is 18.1 Å². The number of rotatable bonds is 4. The molecule has 1 aromatic rings. The monoisotopic (exact) mass is 313 g/mol. The van der Waals surface area contributed by atoms with Crippen LogP contribution in [0, 0.1) is 5.92 Å². The van der Waals surface area contributed by atoms with Crippen LogP contribution in [0.4, 0.5) is 0 Å². The molecule has 0 radical (unpaired) electrons. The van der Waals surface area contributed by atoms with Gasteiger partial charge in [0.05, 0.1) is 34.6 Å². The van der Waals surface area contributed by atoms with E-state index >= 15 is 0 Å². The fraction of sp³-hybridized carbons (Fsp3) is 0.769. The molecular formula is C13H20BrN3O. The molecule has 0 aromatic carbocycles. The van der Waals surface area contributed by atoms with Crippen LogP contribution in [0.5, 0.6) is 0 Å². The first kappa shape index (κ1) is 12.6. The third-order valence-electron chi connectivity index (χ3n) is 4.20. The van der Waals surface area contributed by atoms with Gasteiger partial charge in [-0.1, -0.05) is 6.92 Å². The maximum atomic E-state index is 6.49. The van der Waals surface area contributed by atoms with Crippen molar-refractivity contribution in [1.82, 2.24) is 9.78 Å². The summed E-state index contributed by atoms with van der Waals surface area (Å²) < 4.78 is 8.99. The van der Waals surface area contributed by atoms with Gasteiger partial charge in [0.2, 0.25) is 0 Å². The lowest BCUT2D eigenvalue weighted by Gasteiger charge is -2.26. The van der Waals surface area contributed by atoms with Crippen LogP contribution in [0.15, 0.2) is 10.7 Å². The van der Waals surface area contributed by atoms with Gasteiger partial charge >= 0.3 is 0 Å². The number of fused-ring (bicyclic) bond motifs is 2. The zero-order valence-corrected chi connectivity index (χ0v) is 12.3. The van der Waals surface area contributed by atoms with Crippen molar-refractivity contribution in [1.29, 1.82) is 0 Å². The molecule has 0 spiro atoms. The lowest BCUT2D eigenvalue weighted by molar-refractivity contribution is 0.0878. The summed E-state index contributed by atoms with van der Waals surface area (Å²) in [5, 5.41) is 4.41. The highest BCUT2D eigenvalue weighted by Crippen LogP contribution is 2.44. The number of ether oxygens (including phenoxy) is 1. The minimum Gasteiger partial charge on any atom is -0.375 e. The molecule has 18 heavy (non-hydrogen) atoms. The highest BCUT2D eigenvalue weighted by Gasteiger charge is 2.44. The molecule has 2 fully saturated rings. The maximum Gasteiger partial charge on any atom is 0.0697 e. The van der Waals surface area contributed by atoms with E-state index in [1.807, 2.05) is 10.9 Å². The molecule has 3 heterocycles. The first-order chi connectivity index (χ1) is 8.70. The van der Waals surface area contributed by atoms with Crippen molar-refractivity contribution in [2.75, 3.05) is 0 Å². The Kier molecular flexibility index (Phi) is 3.47. The van der Waals surface area contributed by atoms with Gasteiger partial charge in [-0.2, -0.15) is 5.10 Å². The Hall–Kier alpha value is -0.390. The smallest absolute Gasteiger partial charge is 0.0697 e. The van der Waals surface area contributed by atoms with Crippen molar-refractivity contribution in [2.45, 2.75) is 57.4 Å². The van der Waals surface area contributed by atoms with Crippen LogP contribution in [-0.4, -0.2) is 22.0 Å². The Morgan fingerprint density at radius 3 is 3.06 bits per heavy atom. The summed E-state index contributed by atoms with van der Waals surface area (Å²) in [6.07, 6.45) is 7.23. The number of aryl methyl sites for hydroxylation is 1. The highest BCUT2D eigenvalue weighted by molar-refractivity contribution is 9.10. The van der Waals surface area contributed by atoms with E-state index < -0.39 is 0 Å². The van der Waals surface area contributed by atoms with Gasteiger partial charge in [0.25, 0.3) is 0 Å². The standard InChI is InChI=1S/C13H20BrN3O/c1-2-5-17-13(10(14)7-16-17)12(15)9-6-8-3-4-11(9)18-8/h7-9,11-12H,2-6,15H2,1H3. The van der Waals surface area contributed by atoms with Crippen LogP contribution in [-0.2, 0) is 11.3 Å². The van der Waals surface area contributed by atoms with Crippen molar-refractivity contribution in [3.8, 4) is 0 Å². The maximum absolute atomic E-state index is 6.49. The van der Waals surface area contributed by atoms with Crippen molar-refractivity contribution < 1.29 is 4.74 Å². The van der Waals surface area contributed by atoms with Gasteiger partial charge in [-0.25, -0.2) is 0 Å². The van der Waals surface area contributed by atoms with Gasteiger partial charge in [-0.15, -0.1) is 0 Å². The fourth-order valence-electron chi connectivity index (χ4n) is 3.35. The summed E-state index contributed by atoms with van der Waals surface area (Å²) in [5.74, 6) is 0.451. The van der Waals surface area contributed by atoms with E-state index in [1.165, 1.54) is 12.8 Å². The molecule has 4 atom stereocenters. The van der Waals surface area contributed by atoms with Gasteiger partial charge in [-0.3, -0.25) is 4.68 Å². The predicted octanol–water partition coefficient (Wildman–Crippen LogP) is 2.62. The number of hydrogen-bond donors (Lipinski definition) is 1. The molecule has 4 unspecified atom stereocenters. The Labute approximate surface area is 116 Å². The van der Waals surface area contributed by atoms with Crippen molar-refractivity contribution in [3.63, 3.8) is 0 Å². The van der Waals surface area contributed by atoms with Crippen LogP contribution >= 0.6 is 15.9 Å². The molecule has 3 rings (SSSR count). The average Bonchev–Trinajstić information content (AvgIpc) is 3.04. The summed E-state index contributed by atoms with van der Waals surface area (Å²) in [4.78, 5) is 0. The average molecular weight is 314 g/mol. The summed E-state index contributed by atoms with van der Waals surface area (Å²) >= 11 is 3.58. The Bertz CT molecular complexity index is 434. The molecule has 0 aliphatic carbocycles. The van der Waals surface area contributed by atoms with E-state index in [4.69, 9.17) is 10.5 Å². The lowest BCUT2D eigenvalue weighted by Crippen LogP contribution is -2.31. The molecule has 2 saturated heterocycles. The molecule has 2 bridgehead atoms. The topological polar surface area (TPSA) is 53.1 Å². The molecule has 2 aliphatic rings. The number of halogens is 1. The van der Waals surface area contributed by atoms with Gasteiger partial charge in [0.1, 0.15) is 0 Å². The molecule has 2 aliphatic heterocycles.